The Morgan fingerprint density at radius 2 is 1.56 bits per heavy atom. The van der Waals surface area contributed by atoms with Gasteiger partial charge in [-0.05, 0) is 69.0 Å². The lowest BCUT2D eigenvalue weighted by atomic mass is 9.57. The first-order valence-corrected chi connectivity index (χ1v) is 7.45. The predicted molar refractivity (Wildman–Crippen MR) is 76.7 cm³/mol. The highest BCUT2D eigenvalue weighted by Crippen LogP contribution is 2.53. The van der Waals surface area contributed by atoms with Gasteiger partial charge in [-0.3, -0.25) is 0 Å². The van der Waals surface area contributed by atoms with E-state index >= 15 is 0 Å². The number of benzene rings is 1. The molecule has 3 saturated carbocycles. The molecule has 1 heteroatoms. The Bertz CT molecular complexity index is 376. The lowest BCUT2D eigenvalue weighted by Gasteiger charge is -2.50. The largest absolute Gasteiger partial charge is 0.309 e. The molecule has 0 aromatic heterocycles. The quantitative estimate of drug-likeness (QED) is 0.781. The Labute approximate surface area is 111 Å². The molecule has 0 heterocycles. The Hall–Kier alpha value is -0.820. The van der Waals surface area contributed by atoms with Gasteiger partial charge >= 0.3 is 0 Å². The monoisotopic (exact) mass is 243 g/mol. The third-order valence-corrected chi connectivity index (χ3v) is 5.15. The lowest BCUT2D eigenvalue weighted by Crippen LogP contribution is -2.43. The van der Waals surface area contributed by atoms with E-state index in [9.17, 15) is 0 Å². The topological polar surface area (TPSA) is 3.24 Å². The molecule has 1 unspecified atom stereocenters. The Balaban J connectivity index is 1.89. The third kappa shape index (κ3) is 2.21. The Morgan fingerprint density at radius 1 is 0.944 bits per heavy atom. The van der Waals surface area contributed by atoms with Gasteiger partial charge in [-0.15, -0.1) is 0 Å². The van der Waals surface area contributed by atoms with Crippen LogP contribution in [0.5, 0.6) is 0 Å². The molecule has 98 valence electrons. The summed E-state index contributed by atoms with van der Waals surface area (Å²) < 4.78 is 0. The summed E-state index contributed by atoms with van der Waals surface area (Å²) >= 11 is 0. The second-order valence-electron chi connectivity index (χ2n) is 6.54. The normalized spacial score (nSPS) is 35.1. The maximum atomic E-state index is 2.39. The standard InChI is InChI=1S/C17H25N/c1-18(2)12-16-13-8-10-15(11-9-13)17(16)14-6-4-3-5-7-14/h3-7,13,15-17H,8-12H2,1-2H3/t13?,15?,16-,17?/m1/s1. The number of hydrogen-bond donors (Lipinski definition) is 0. The lowest BCUT2D eigenvalue weighted by molar-refractivity contribution is 0.0507. The molecular weight excluding hydrogens is 218 g/mol. The highest BCUT2D eigenvalue weighted by molar-refractivity contribution is 5.23. The van der Waals surface area contributed by atoms with E-state index in [0.717, 1.165) is 23.7 Å². The van der Waals surface area contributed by atoms with Crippen LogP contribution >= 0.6 is 0 Å². The van der Waals surface area contributed by atoms with E-state index in [2.05, 4.69) is 49.3 Å². The molecule has 1 aromatic carbocycles. The highest BCUT2D eigenvalue weighted by atomic mass is 15.1. The minimum atomic E-state index is 0.820. The fourth-order valence-corrected chi connectivity index (χ4v) is 4.45. The van der Waals surface area contributed by atoms with Crippen LogP contribution in [-0.2, 0) is 0 Å². The minimum absolute atomic E-state index is 0.820. The van der Waals surface area contributed by atoms with Crippen molar-refractivity contribution in [1.82, 2.24) is 4.90 Å². The average molecular weight is 243 g/mol. The fourth-order valence-electron chi connectivity index (χ4n) is 4.45. The summed E-state index contributed by atoms with van der Waals surface area (Å²) in [5, 5.41) is 0. The van der Waals surface area contributed by atoms with E-state index in [0.29, 0.717) is 0 Å². The first-order valence-electron chi connectivity index (χ1n) is 7.45. The van der Waals surface area contributed by atoms with Gasteiger partial charge in [0.05, 0.1) is 0 Å². The van der Waals surface area contributed by atoms with Crippen molar-refractivity contribution in [3.63, 3.8) is 0 Å². The van der Waals surface area contributed by atoms with Crippen molar-refractivity contribution < 1.29 is 0 Å². The molecule has 0 spiro atoms. The molecule has 3 fully saturated rings. The molecule has 18 heavy (non-hydrogen) atoms. The molecule has 4 rings (SSSR count). The van der Waals surface area contributed by atoms with E-state index in [1.807, 2.05) is 0 Å². The zero-order valence-electron chi connectivity index (χ0n) is 11.7. The van der Waals surface area contributed by atoms with Crippen LogP contribution in [0.4, 0.5) is 0 Å². The Kier molecular flexibility index (Phi) is 3.43. The number of fused-ring (bicyclic) bond motifs is 3. The second kappa shape index (κ2) is 5.05. The third-order valence-electron chi connectivity index (χ3n) is 5.15. The van der Waals surface area contributed by atoms with Crippen LogP contribution in [0.3, 0.4) is 0 Å². The molecule has 0 saturated heterocycles. The van der Waals surface area contributed by atoms with Crippen molar-refractivity contribution in [2.75, 3.05) is 20.6 Å². The fraction of sp³-hybridized carbons (Fsp3) is 0.647. The van der Waals surface area contributed by atoms with Gasteiger partial charge < -0.3 is 4.90 Å². The van der Waals surface area contributed by atoms with Crippen LogP contribution in [0.25, 0.3) is 0 Å². The summed E-state index contributed by atoms with van der Waals surface area (Å²) in [6, 6.07) is 11.3. The van der Waals surface area contributed by atoms with Gasteiger partial charge in [0.1, 0.15) is 0 Å². The molecule has 1 aromatic rings. The van der Waals surface area contributed by atoms with Crippen LogP contribution in [0.2, 0.25) is 0 Å². The van der Waals surface area contributed by atoms with E-state index in [4.69, 9.17) is 0 Å². The number of hydrogen-bond acceptors (Lipinski definition) is 1. The van der Waals surface area contributed by atoms with Crippen molar-refractivity contribution in [2.45, 2.75) is 31.6 Å². The van der Waals surface area contributed by atoms with Crippen LogP contribution in [0.1, 0.15) is 37.2 Å². The molecule has 3 aliphatic rings. The molecule has 0 radical (unpaired) electrons. The summed E-state index contributed by atoms with van der Waals surface area (Å²) in [7, 11) is 4.45. The molecule has 3 aliphatic carbocycles. The van der Waals surface area contributed by atoms with Gasteiger partial charge in [0.25, 0.3) is 0 Å². The SMILES string of the molecule is CN(C)C[C@@H]1C2CCC(CC2)C1c1ccccc1. The van der Waals surface area contributed by atoms with Crippen LogP contribution in [0, 0.1) is 17.8 Å². The summed E-state index contributed by atoms with van der Waals surface area (Å²) in [5.41, 5.74) is 1.60. The first-order chi connectivity index (χ1) is 8.75. The summed E-state index contributed by atoms with van der Waals surface area (Å²) in [5.74, 6) is 3.63. The minimum Gasteiger partial charge on any atom is -0.309 e. The van der Waals surface area contributed by atoms with Gasteiger partial charge in [-0.25, -0.2) is 0 Å². The van der Waals surface area contributed by atoms with E-state index in [1.165, 1.54) is 32.2 Å². The van der Waals surface area contributed by atoms with Gasteiger partial charge in [0.2, 0.25) is 0 Å². The molecular formula is C17H25N. The zero-order valence-corrected chi connectivity index (χ0v) is 11.7. The van der Waals surface area contributed by atoms with E-state index < -0.39 is 0 Å². The molecule has 0 N–H and O–H groups in total. The smallest absolute Gasteiger partial charge is 0.00122 e. The average Bonchev–Trinajstić information content (AvgIpc) is 2.40. The van der Waals surface area contributed by atoms with Crippen LogP contribution < -0.4 is 0 Å². The highest BCUT2D eigenvalue weighted by Gasteiger charge is 2.43. The van der Waals surface area contributed by atoms with Crippen molar-refractivity contribution in [3.05, 3.63) is 35.9 Å². The van der Waals surface area contributed by atoms with Crippen molar-refractivity contribution in [3.8, 4) is 0 Å². The summed E-state index contributed by atoms with van der Waals surface area (Å²) in [6.45, 7) is 1.26. The maximum Gasteiger partial charge on any atom is 0.00122 e. The number of rotatable bonds is 3. The van der Waals surface area contributed by atoms with Gasteiger partial charge in [-0.2, -0.15) is 0 Å². The Morgan fingerprint density at radius 3 is 2.17 bits per heavy atom. The maximum absolute atomic E-state index is 2.39. The summed E-state index contributed by atoms with van der Waals surface area (Å²) in [4.78, 5) is 2.39. The molecule has 0 amide bonds. The van der Waals surface area contributed by atoms with E-state index in [1.54, 1.807) is 5.56 Å². The van der Waals surface area contributed by atoms with E-state index in [-0.39, 0.29) is 0 Å². The molecule has 1 nitrogen and oxygen atoms in total. The molecule has 2 bridgehead atoms. The van der Waals surface area contributed by atoms with Gasteiger partial charge in [0, 0.05) is 6.54 Å². The molecule has 0 aliphatic heterocycles. The van der Waals surface area contributed by atoms with Crippen molar-refractivity contribution in [2.24, 2.45) is 17.8 Å². The van der Waals surface area contributed by atoms with Crippen molar-refractivity contribution >= 4 is 0 Å². The number of nitrogens with zero attached hydrogens (tertiary/aromatic N) is 1. The molecule has 2 atom stereocenters. The second-order valence-corrected chi connectivity index (χ2v) is 6.54. The summed E-state index contributed by atoms with van der Waals surface area (Å²) in [6.07, 6.45) is 5.89. The van der Waals surface area contributed by atoms with Gasteiger partial charge in [-0.1, -0.05) is 30.3 Å². The van der Waals surface area contributed by atoms with Crippen LogP contribution in [0.15, 0.2) is 30.3 Å². The van der Waals surface area contributed by atoms with Crippen molar-refractivity contribution in [1.29, 1.82) is 0 Å². The zero-order chi connectivity index (χ0) is 12.5. The predicted octanol–water partition coefficient (Wildman–Crippen LogP) is 3.77. The first kappa shape index (κ1) is 12.2. The van der Waals surface area contributed by atoms with Gasteiger partial charge in [0.15, 0.2) is 0 Å². The van der Waals surface area contributed by atoms with Crippen LogP contribution in [-0.4, -0.2) is 25.5 Å².